The van der Waals surface area contributed by atoms with Gasteiger partial charge in [-0.15, -0.1) is 0 Å². The number of aliphatic hydroxyl groups excluding tert-OH is 1. The van der Waals surface area contributed by atoms with Crippen molar-refractivity contribution >= 4 is 45.2 Å². The summed E-state index contributed by atoms with van der Waals surface area (Å²) in [6, 6.07) is 6.21. The minimum atomic E-state index is -3.88. The van der Waals surface area contributed by atoms with Gasteiger partial charge in [0.05, 0.1) is 17.2 Å². The van der Waals surface area contributed by atoms with E-state index in [1.54, 1.807) is 26.0 Å². The molecule has 0 amide bonds. The molecule has 1 aromatic heterocycles. The first-order chi connectivity index (χ1) is 15.9. The van der Waals surface area contributed by atoms with Gasteiger partial charge in [-0.2, -0.15) is 12.7 Å². The molecule has 0 bridgehead atoms. The van der Waals surface area contributed by atoms with Crippen LogP contribution in [0.2, 0.25) is 5.02 Å². The standard InChI is InChI=1S/C21H30ClFN6O3S2/c1-13-9-29(10-14(2)24-13)34(31,32)28-18-8-17(27-21(3,4)12-30)25-20(26-18)33-11-15-6-5-7-16(22)19(15)23/h5-8,13-14,24,30H,9-12H2,1-4H3,(H2,25,26,27,28). The minimum absolute atomic E-state index is 0.00650. The number of thioether (sulfide) groups is 1. The van der Waals surface area contributed by atoms with Crippen molar-refractivity contribution in [1.82, 2.24) is 19.6 Å². The molecular formula is C21H30ClFN6O3S2. The fourth-order valence-electron chi connectivity index (χ4n) is 3.46. The van der Waals surface area contributed by atoms with Gasteiger partial charge in [-0.1, -0.05) is 35.5 Å². The number of rotatable bonds is 9. The van der Waals surface area contributed by atoms with Crippen molar-refractivity contribution in [2.45, 2.75) is 56.2 Å². The highest BCUT2D eigenvalue weighted by atomic mass is 35.5. The predicted octanol–water partition coefficient (Wildman–Crippen LogP) is 3.08. The molecule has 9 nitrogen and oxygen atoms in total. The van der Waals surface area contributed by atoms with E-state index in [1.165, 1.54) is 16.4 Å². The van der Waals surface area contributed by atoms with Crippen molar-refractivity contribution < 1.29 is 17.9 Å². The summed E-state index contributed by atoms with van der Waals surface area (Å²) in [5.74, 6) is 0.0652. The summed E-state index contributed by atoms with van der Waals surface area (Å²) in [6.07, 6.45) is 0. The lowest BCUT2D eigenvalue weighted by Crippen LogP contribution is -2.56. The Hall–Kier alpha value is -1.70. The van der Waals surface area contributed by atoms with Crippen molar-refractivity contribution in [1.29, 1.82) is 0 Å². The molecule has 188 valence electrons. The zero-order valence-electron chi connectivity index (χ0n) is 19.5. The Kier molecular flexibility index (Phi) is 8.64. The van der Waals surface area contributed by atoms with Crippen LogP contribution in [0.3, 0.4) is 0 Å². The second-order valence-electron chi connectivity index (χ2n) is 8.98. The summed E-state index contributed by atoms with van der Waals surface area (Å²) >= 11 is 7.01. The Morgan fingerprint density at radius 2 is 1.91 bits per heavy atom. The van der Waals surface area contributed by atoms with Crippen LogP contribution in [-0.4, -0.2) is 65.1 Å². The smallest absolute Gasteiger partial charge is 0.302 e. The van der Waals surface area contributed by atoms with E-state index in [0.717, 1.165) is 11.8 Å². The van der Waals surface area contributed by atoms with Gasteiger partial charge in [0, 0.05) is 37.0 Å². The SMILES string of the molecule is CC1CN(S(=O)(=O)Nc2cc(NC(C)(C)CO)nc(SCc3cccc(Cl)c3F)n2)CC(C)N1. The third-order valence-corrected chi connectivity index (χ3v) is 7.69. The maximum Gasteiger partial charge on any atom is 0.302 e. The minimum Gasteiger partial charge on any atom is -0.394 e. The van der Waals surface area contributed by atoms with Gasteiger partial charge in [-0.3, -0.25) is 4.72 Å². The molecule has 13 heteroatoms. The Morgan fingerprint density at radius 1 is 1.26 bits per heavy atom. The van der Waals surface area contributed by atoms with E-state index in [2.05, 4.69) is 25.3 Å². The molecule has 1 saturated heterocycles. The monoisotopic (exact) mass is 532 g/mol. The van der Waals surface area contributed by atoms with E-state index < -0.39 is 21.6 Å². The molecule has 1 aromatic carbocycles. The van der Waals surface area contributed by atoms with E-state index in [1.807, 2.05) is 13.8 Å². The van der Waals surface area contributed by atoms with Crippen LogP contribution in [-0.2, 0) is 16.0 Å². The number of aliphatic hydroxyl groups is 1. The van der Waals surface area contributed by atoms with Gasteiger partial charge in [0.1, 0.15) is 17.5 Å². The summed E-state index contributed by atoms with van der Waals surface area (Å²) in [5.41, 5.74) is -0.337. The summed E-state index contributed by atoms with van der Waals surface area (Å²) in [7, 11) is -3.88. The number of piperazine rings is 1. The second kappa shape index (κ2) is 10.9. The molecule has 4 N–H and O–H groups in total. The first kappa shape index (κ1) is 26.9. The summed E-state index contributed by atoms with van der Waals surface area (Å²) < 4.78 is 44.3. The second-order valence-corrected chi connectivity index (χ2v) is 12.0. The molecule has 1 aliphatic heterocycles. The Labute approximate surface area is 209 Å². The number of hydrogen-bond donors (Lipinski definition) is 4. The maximum atomic E-state index is 14.3. The van der Waals surface area contributed by atoms with Crippen LogP contribution in [0.4, 0.5) is 16.0 Å². The van der Waals surface area contributed by atoms with Crippen LogP contribution >= 0.6 is 23.4 Å². The van der Waals surface area contributed by atoms with E-state index in [4.69, 9.17) is 11.6 Å². The van der Waals surface area contributed by atoms with Crippen molar-refractivity contribution in [3.05, 3.63) is 40.7 Å². The molecule has 0 radical (unpaired) electrons. The van der Waals surface area contributed by atoms with Crippen molar-refractivity contribution in [3.63, 3.8) is 0 Å². The lowest BCUT2D eigenvalue weighted by molar-refractivity contribution is 0.234. The lowest BCUT2D eigenvalue weighted by atomic mass is 10.1. The topological polar surface area (TPSA) is 119 Å². The van der Waals surface area contributed by atoms with E-state index >= 15 is 0 Å². The molecule has 2 unspecified atom stereocenters. The summed E-state index contributed by atoms with van der Waals surface area (Å²) in [4.78, 5) is 8.75. The van der Waals surface area contributed by atoms with E-state index in [0.29, 0.717) is 24.5 Å². The van der Waals surface area contributed by atoms with Crippen molar-refractivity contribution in [2.24, 2.45) is 0 Å². The molecule has 2 atom stereocenters. The first-order valence-corrected chi connectivity index (χ1v) is 13.6. The predicted molar refractivity (Wildman–Crippen MR) is 134 cm³/mol. The van der Waals surface area contributed by atoms with Gasteiger partial charge in [-0.25, -0.2) is 14.4 Å². The van der Waals surface area contributed by atoms with E-state index in [-0.39, 0.29) is 40.4 Å². The van der Waals surface area contributed by atoms with Crippen LogP contribution in [0.25, 0.3) is 0 Å². The number of nitrogens with one attached hydrogen (secondary N) is 3. The van der Waals surface area contributed by atoms with Gasteiger partial charge in [0.15, 0.2) is 5.16 Å². The maximum absolute atomic E-state index is 14.3. The largest absolute Gasteiger partial charge is 0.394 e. The van der Waals surface area contributed by atoms with Crippen LogP contribution in [0.15, 0.2) is 29.4 Å². The van der Waals surface area contributed by atoms with Crippen LogP contribution in [0, 0.1) is 5.82 Å². The number of nitrogens with zero attached hydrogens (tertiary/aromatic N) is 3. The number of aromatic nitrogens is 2. The molecule has 2 heterocycles. The molecule has 0 saturated carbocycles. The van der Waals surface area contributed by atoms with Gasteiger partial charge < -0.3 is 15.7 Å². The first-order valence-electron chi connectivity index (χ1n) is 10.8. The molecule has 1 aliphatic rings. The van der Waals surface area contributed by atoms with Crippen LogP contribution < -0.4 is 15.4 Å². The average molecular weight is 533 g/mol. The van der Waals surface area contributed by atoms with E-state index in [9.17, 15) is 17.9 Å². The Bertz CT molecular complexity index is 1110. The molecule has 1 fully saturated rings. The Balaban J connectivity index is 1.87. The number of anilines is 2. The number of halogens is 2. The van der Waals surface area contributed by atoms with Gasteiger partial charge in [0.2, 0.25) is 0 Å². The molecule has 2 aromatic rings. The highest BCUT2D eigenvalue weighted by molar-refractivity contribution is 7.98. The Morgan fingerprint density at radius 3 is 2.56 bits per heavy atom. The molecule has 34 heavy (non-hydrogen) atoms. The summed E-state index contributed by atoms with van der Waals surface area (Å²) in [6.45, 7) is 7.86. The number of benzene rings is 1. The van der Waals surface area contributed by atoms with Crippen LogP contribution in [0.5, 0.6) is 0 Å². The van der Waals surface area contributed by atoms with Gasteiger partial charge >= 0.3 is 10.2 Å². The quantitative estimate of drug-likeness (QED) is 0.287. The third kappa shape index (κ3) is 7.15. The molecule has 0 spiro atoms. The zero-order chi connectivity index (χ0) is 25.1. The molecule has 0 aliphatic carbocycles. The average Bonchev–Trinajstić information content (AvgIpc) is 2.73. The molecule has 3 rings (SSSR count). The fraction of sp³-hybridized carbons (Fsp3) is 0.524. The number of hydrogen-bond acceptors (Lipinski definition) is 8. The zero-order valence-corrected chi connectivity index (χ0v) is 21.9. The van der Waals surface area contributed by atoms with Gasteiger partial charge in [-0.05, 0) is 39.3 Å². The summed E-state index contributed by atoms with van der Waals surface area (Å²) in [5, 5.41) is 16.3. The fourth-order valence-corrected chi connectivity index (χ4v) is 5.83. The highest BCUT2D eigenvalue weighted by Gasteiger charge is 2.30. The lowest BCUT2D eigenvalue weighted by Gasteiger charge is -2.35. The van der Waals surface area contributed by atoms with Crippen molar-refractivity contribution in [3.8, 4) is 0 Å². The van der Waals surface area contributed by atoms with Gasteiger partial charge in [0.25, 0.3) is 0 Å². The highest BCUT2D eigenvalue weighted by Crippen LogP contribution is 2.28. The van der Waals surface area contributed by atoms with Crippen LogP contribution in [0.1, 0.15) is 33.3 Å². The van der Waals surface area contributed by atoms with Crippen molar-refractivity contribution in [2.75, 3.05) is 29.7 Å². The third-order valence-electron chi connectivity index (χ3n) is 5.05. The normalized spacial score (nSPS) is 19.7. The molecular weight excluding hydrogens is 503 g/mol.